The Labute approximate surface area is 228 Å². The molecule has 0 saturated carbocycles. The van der Waals surface area contributed by atoms with Crippen LogP contribution in [0.1, 0.15) is 13.8 Å². The van der Waals surface area contributed by atoms with Crippen molar-refractivity contribution in [3.8, 4) is 5.75 Å². The lowest BCUT2D eigenvalue weighted by Crippen LogP contribution is -2.44. The Morgan fingerprint density at radius 2 is 2.00 bits per heavy atom. The number of piperazine rings is 1. The van der Waals surface area contributed by atoms with Gasteiger partial charge < -0.3 is 25.2 Å². The number of amides is 1. The van der Waals surface area contributed by atoms with Crippen LogP contribution in [-0.2, 0) is 11.3 Å². The molecule has 206 valence electrons. The second-order valence-electron chi connectivity index (χ2n) is 9.68. The van der Waals surface area contributed by atoms with Gasteiger partial charge in [0.25, 0.3) is 5.56 Å². The summed E-state index contributed by atoms with van der Waals surface area (Å²) in [6.07, 6.45) is 9.07. The zero-order valence-corrected chi connectivity index (χ0v) is 22.9. The standard InChI is InChI=1S/C28H36N8O3/c1-6-11-35-27(38)23-18-30-28(32-26(23)36(35)22(17-29-19-37)9-7-20(2)3)31-21-8-10-24(25(16-21)39-5)34-14-12-33(4)13-15-34/h6-10,16-20H,1,11-15H2,2-5H3,(H,29,37)(H,30,31,32)/b9-7-,22-17+. The van der Waals surface area contributed by atoms with Crippen LogP contribution in [0.4, 0.5) is 17.3 Å². The third-order valence-electron chi connectivity index (χ3n) is 6.45. The highest BCUT2D eigenvalue weighted by Crippen LogP contribution is 2.32. The van der Waals surface area contributed by atoms with Crippen molar-refractivity contribution < 1.29 is 9.53 Å². The van der Waals surface area contributed by atoms with Crippen LogP contribution in [0.15, 0.2) is 60.2 Å². The molecule has 11 heteroatoms. The average molecular weight is 533 g/mol. The third kappa shape index (κ3) is 6.20. The molecule has 2 N–H and O–H groups in total. The molecule has 1 amide bonds. The van der Waals surface area contributed by atoms with Crippen molar-refractivity contribution in [3.05, 3.63) is 65.8 Å². The summed E-state index contributed by atoms with van der Waals surface area (Å²) in [6.45, 7) is 12.0. The van der Waals surface area contributed by atoms with Crippen LogP contribution < -0.4 is 25.8 Å². The van der Waals surface area contributed by atoms with Gasteiger partial charge in [-0.3, -0.25) is 9.59 Å². The van der Waals surface area contributed by atoms with Crippen molar-refractivity contribution in [1.29, 1.82) is 0 Å². The van der Waals surface area contributed by atoms with Gasteiger partial charge in [0.05, 0.1) is 25.0 Å². The van der Waals surface area contributed by atoms with Gasteiger partial charge in [-0.1, -0.05) is 26.0 Å². The molecule has 3 heterocycles. The quantitative estimate of drug-likeness (QED) is 0.220. The molecule has 0 radical (unpaired) electrons. The number of carbonyl (C=O) groups excluding carboxylic acids is 1. The fourth-order valence-electron chi connectivity index (χ4n) is 4.42. The minimum Gasteiger partial charge on any atom is -0.495 e. The van der Waals surface area contributed by atoms with Gasteiger partial charge in [0.2, 0.25) is 12.4 Å². The number of methoxy groups -OCH3 is 1. The molecule has 1 aliphatic heterocycles. The van der Waals surface area contributed by atoms with E-state index in [1.54, 1.807) is 17.9 Å². The van der Waals surface area contributed by atoms with Gasteiger partial charge in [-0.2, -0.15) is 4.98 Å². The maximum atomic E-state index is 13.2. The maximum absolute atomic E-state index is 13.2. The highest BCUT2D eigenvalue weighted by Gasteiger charge is 2.20. The first-order valence-corrected chi connectivity index (χ1v) is 12.9. The molecule has 39 heavy (non-hydrogen) atoms. The first-order valence-electron chi connectivity index (χ1n) is 12.9. The van der Waals surface area contributed by atoms with Crippen molar-refractivity contribution in [3.63, 3.8) is 0 Å². The maximum Gasteiger partial charge on any atom is 0.278 e. The Kier molecular flexibility index (Phi) is 8.82. The Hall–Kier alpha value is -4.38. The first kappa shape index (κ1) is 27.6. The number of anilines is 3. The molecular weight excluding hydrogens is 496 g/mol. The molecule has 11 nitrogen and oxygen atoms in total. The van der Waals surface area contributed by atoms with E-state index in [2.05, 4.69) is 39.0 Å². The topological polar surface area (TPSA) is 110 Å². The fourth-order valence-corrected chi connectivity index (χ4v) is 4.42. The van der Waals surface area contributed by atoms with E-state index >= 15 is 0 Å². The van der Waals surface area contributed by atoms with Crippen molar-refractivity contribution in [1.82, 2.24) is 29.5 Å². The van der Waals surface area contributed by atoms with E-state index in [9.17, 15) is 9.59 Å². The number of aromatic nitrogens is 4. The summed E-state index contributed by atoms with van der Waals surface area (Å²) >= 11 is 0. The van der Waals surface area contributed by atoms with Gasteiger partial charge in [-0.15, -0.1) is 6.58 Å². The van der Waals surface area contributed by atoms with E-state index in [0.717, 1.165) is 43.3 Å². The number of nitrogens with zero attached hydrogens (tertiary/aromatic N) is 6. The molecule has 4 rings (SSSR count). The number of hydrogen-bond acceptors (Lipinski definition) is 8. The van der Waals surface area contributed by atoms with E-state index in [1.165, 1.54) is 17.1 Å². The minimum atomic E-state index is -0.260. The summed E-state index contributed by atoms with van der Waals surface area (Å²) in [5.41, 5.74) is 2.49. The van der Waals surface area contributed by atoms with Gasteiger partial charge in [0, 0.05) is 50.3 Å². The molecule has 0 unspecified atom stereocenters. The van der Waals surface area contributed by atoms with E-state index in [1.807, 2.05) is 44.2 Å². The van der Waals surface area contributed by atoms with Crippen molar-refractivity contribution in [2.75, 3.05) is 50.6 Å². The van der Waals surface area contributed by atoms with Crippen LogP contribution in [0.2, 0.25) is 0 Å². The minimum absolute atomic E-state index is 0.247. The second kappa shape index (κ2) is 12.4. The number of rotatable bonds is 11. The monoisotopic (exact) mass is 532 g/mol. The Balaban J connectivity index is 1.74. The lowest BCUT2D eigenvalue weighted by Gasteiger charge is -2.34. The number of nitrogens with one attached hydrogen (secondary N) is 2. The van der Waals surface area contributed by atoms with E-state index in [4.69, 9.17) is 9.72 Å². The Bertz CT molecular complexity index is 1440. The number of hydrogen-bond donors (Lipinski definition) is 2. The number of fused-ring (bicyclic) bond motifs is 1. The molecule has 2 aromatic heterocycles. The normalized spacial score (nSPS) is 14.8. The number of ether oxygens (including phenoxy) is 1. The van der Waals surface area contributed by atoms with Crippen LogP contribution in [0.25, 0.3) is 16.7 Å². The lowest BCUT2D eigenvalue weighted by atomic mass is 10.2. The molecule has 1 saturated heterocycles. The van der Waals surface area contributed by atoms with Crippen LogP contribution in [-0.4, -0.2) is 71.0 Å². The molecule has 0 atom stereocenters. The van der Waals surface area contributed by atoms with E-state index < -0.39 is 0 Å². The van der Waals surface area contributed by atoms with E-state index in [-0.39, 0.29) is 18.0 Å². The van der Waals surface area contributed by atoms with E-state index in [0.29, 0.717) is 29.1 Å². The summed E-state index contributed by atoms with van der Waals surface area (Å²) in [6, 6.07) is 5.91. The Morgan fingerprint density at radius 3 is 2.67 bits per heavy atom. The number of allylic oxidation sites excluding steroid dienone is 4. The average Bonchev–Trinajstić information content (AvgIpc) is 3.20. The lowest BCUT2D eigenvalue weighted by molar-refractivity contribution is -0.108. The number of carbonyl (C=O) groups is 1. The van der Waals surface area contributed by atoms with Crippen LogP contribution in [0, 0.1) is 5.92 Å². The highest BCUT2D eigenvalue weighted by molar-refractivity contribution is 5.80. The van der Waals surface area contributed by atoms with Crippen LogP contribution in [0.5, 0.6) is 5.75 Å². The van der Waals surface area contributed by atoms with Crippen LogP contribution >= 0.6 is 0 Å². The smallest absolute Gasteiger partial charge is 0.278 e. The first-order chi connectivity index (χ1) is 18.9. The number of benzene rings is 1. The zero-order chi connectivity index (χ0) is 27.9. The van der Waals surface area contributed by atoms with Crippen LogP contribution in [0.3, 0.4) is 0 Å². The van der Waals surface area contributed by atoms with Crippen molar-refractivity contribution in [2.45, 2.75) is 20.4 Å². The summed E-state index contributed by atoms with van der Waals surface area (Å²) in [7, 11) is 3.79. The Morgan fingerprint density at radius 1 is 1.23 bits per heavy atom. The second-order valence-corrected chi connectivity index (χ2v) is 9.68. The van der Waals surface area contributed by atoms with Crippen molar-refractivity contribution in [2.24, 2.45) is 5.92 Å². The molecular formula is C28H36N8O3. The van der Waals surface area contributed by atoms with Gasteiger partial charge >= 0.3 is 0 Å². The van der Waals surface area contributed by atoms with Gasteiger partial charge in [0.15, 0.2) is 5.65 Å². The SMILES string of the molecule is C=CCn1c(=O)c2cnc(Nc3ccc(N4CCN(C)CC4)c(OC)c3)nc2n1C(/C=C\C(C)C)=C/NC=O. The van der Waals surface area contributed by atoms with Crippen molar-refractivity contribution >= 4 is 40.5 Å². The highest BCUT2D eigenvalue weighted by atomic mass is 16.5. The zero-order valence-electron chi connectivity index (χ0n) is 22.9. The summed E-state index contributed by atoms with van der Waals surface area (Å²) < 4.78 is 8.88. The molecule has 1 aromatic carbocycles. The summed E-state index contributed by atoms with van der Waals surface area (Å²) in [5.74, 6) is 1.32. The number of likely N-dealkylation sites (N-methyl/N-ethyl adjacent to an activating group) is 1. The van der Waals surface area contributed by atoms with Gasteiger partial charge in [-0.25, -0.2) is 14.3 Å². The molecule has 3 aromatic rings. The molecule has 0 spiro atoms. The molecule has 0 aliphatic carbocycles. The fraction of sp³-hybridized carbons (Fsp3) is 0.357. The molecule has 0 bridgehead atoms. The summed E-state index contributed by atoms with van der Waals surface area (Å²) in [4.78, 5) is 38.1. The summed E-state index contributed by atoms with van der Waals surface area (Å²) in [5, 5.41) is 6.17. The third-order valence-corrected chi connectivity index (χ3v) is 6.45. The van der Waals surface area contributed by atoms with Gasteiger partial charge in [-0.05, 0) is 31.2 Å². The van der Waals surface area contributed by atoms with Gasteiger partial charge in [0.1, 0.15) is 11.1 Å². The predicted octanol–water partition coefficient (Wildman–Crippen LogP) is 3.04. The largest absolute Gasteiger partial charge is 0.495 e. The molecule has 1 aliphatic rings. The molecule has 1 fully saturated rings. The predicted molar refractivity (Wildman–Crippen MR) is 155 cm³/mol.